The number of rotatable bonds is 4. The van der Waals surface area contributed by atoms with Crippen molar-refractivity contribution in [2.75, 3.05) is 0 Å². The molecule has 1 aliphatic rings. The number of amides is 1. The second-order valence-corrected chi connectivity index (χ2v) is 6.02. The van der Waals surface area contributed by atoms with Crippen molar-refractivity contribution in [2.24, 2.45) is 0 Å². The van der Waals surface area contributed by atoms with Gasteiger partial charge in [0.25, 0.3) is 0 Å². The Bertz CT molecular complexity index is 950. The van der Waals surface area contributed by atoms with E-state index in [1.807, 2.05) is 0 Å². The Morgan fingerprint density at radius 2 is 2.04 bits per heavy atom. The Labute approximate surface area is 147 Å². The number of fused-ring (bicyclic) bond motifs is 1. The number of carbonyl (C=O) groups is 3. The number of phenolic OH excluding ortho intramolecular Hbond substituents is 1. The molecule has 1 aromatic carbocycles. The van der Waals surface area contributed by atoms with Crippen molar-refractivity contribution in [1.29, 1.82) is 0 Å². The first-order valence-corrected chi connectivity index (χ1v) is 7.76. The molecule has 0 aliphatic carbocycles. The van der Waals surface area contributed by atoms with Crippen molar-refractivity contribution in [3.63, 3.8) is 0 Å². The molecule has 10 heteroatoms. The molecular formula is C15H10BrNO8. The first kappa shape index (κ1) is 17.0. The fraction of sp³-hybridized carbons (Fsp3) is 0.200. The highest BCUT2D eigenvalue weighted by Crippen LogP contribution is 2.30. The van der Waals surface area contributed by atoms with Crippen LogP contribution in [0.4, 0.5) is 4.79 Å². The van der Waals surface area contributed by atoms with E-state index in [0.717, 1.165) is 6.07 Å². The van der Waals surface area contributed by atoms with Gasteiger partial charge in [-0.2, -0.15) is 0 Å². The van der Waals surface area contributed by atoms with Crippen LogP contribution in [0.5, 0.6) is 5.75 Å². The fourth-order valence-corrected chi connectivity index (χ4v) is 2.61. The van der Waals surface area contributed by atoms with Crippen LogP contribution < -0.4 is 10.9 Å². The van der Waals surface area contributed by atoms with E-state index in [-0.39, 0.29) is 17.9 Å². The van der Waals surface area contributed by atoms with E-state index in [4.69, 9.17) is 9.15 Å². The summed E-state index contributed by atoms with van der Waals surface area (Å²) >= 11 is 3.15. The third kappa shape index (κ3) is 3.63. The number of benzene rings is 1. The van der Waals surface area contributed by atoms with Gasteiger partial charge >= 0.3 is 23.7 Å². The summed E-state index contributed by atoms with van der Waals surface area (Å²) in [6.45, 7) is -0.256. The van der Waals surface area contributed by atoms with Crippen LogP contribution in [0.15, 0.2) is 31.9 Å². The van der Waals surface area contributed by atoms with Gasteiger partial charge in [0.05, 0.1) is 10.9 Å². The van der Waals surface area contributed by atoms with E-state index in [1.54, 1.807) is 0 Å². The number of ether oxygens (including phenoxy) is 2. The van der Waals surface area contributed by atoms with Crippen molar-refractivity contribution in [3.05, 3.63) is 38.7 Å². The number of nitrogens with one attached hydrogen (secondary N) is 1. The minimum Gasteiger partial charge on any atom is -0.507 e. The minimum absolute atomic E-state index is 0.111. The Morgan fingerprint density at radius 3 is 2.72 bits per heavy atom. The Morgan fingerprint density at radius 1 is 1.28 bits per heavy atom. The summed E-state index contributed by atoms with van der Waals surface area (Å²) in [5, 5.41) is 12.3. The zero-order valence-electron chi connectivity index (χ0n) is 12.4. The zero-order valence-corrected chi connectivity index (χ0v) is 14.0. The topological polar surface area (TPSA) is 132 Å². The maximum Gasteiger partial charge on any atom is 0.415 e. The molecule has 1 fully saturated rings. The number of hydrogen-bond donors (Lipinski definition) is 2. The van der Waals surface area contributed by atoms with Crippen molar-refractivity contribution < 1.29 is 33.4 Å². The van der Waals surface area contributed by atoms with Crippen LogP contribution in [-0.2, 0) is 25.7 Å². The van der Waals surface area contributed by atoms with Gasteiger partial charge < -0.3 is 24.3 Å². The number of esters is 2. The normalized spacial score (nSPS) is 16.6. The molecule has 3 rings (SSSR count). The second-order valence-electron chi connectivity index (χ2n) is 5.16. The van der Waals surface area contributed by atoms with Crippen LogP contribution in [0.3, 0.4) is 0 Å². The van der Waals surface area contributed by atoms with Gasteiger partial charge in [0, 0.05) is 23.1 Å². The summed E-state index contributed by atoms with van der Waals surface area (Å²) in [7, 11) is 0. The van der Waals surface area contributed by atoms with Crippen LogP contribution in [0.2, 0.25) is 0 Å². The molecule has 2 heterocycles. The standard InChI is InChI=1S/C15H10BrNO8/c16-8-2-7-6(1-13(20)24-11(7)4-10(8)18)5-23-12(19)3-9-14(21)25-15(22)17-9/h1-2,4,9,18H,3,5H2,(H,17,22)/t9-/m0/s1. The lowest BCUT2D eigenvalue weighted by molar-refractivity contribution is -0.148. The minimum atomic E-state index is -1.09. The van der Waals surface area contributed by atoms with E-state index in [0.29, 0.717) is 15.4 Å². The maximum atomic E-state index is 11.8. The van der Waals surface area contributed by atoms with Crippen molar-refractivity contribution in [2.45, 2.75) is 19.1 Å². The summed E-state index contributed by atoms with van der Waals surface area (Å²) < 4.78 is 14.7. The van der Waals surface area contributed by atoms with E-state index in [9.17, 15) is 24.3 Å². The van der Waals surface area contributed by atoms with E-state index in [2.05, 4.69) is 26.0 Å². The number of cyclic esters (lactones) is 2. The van der Waals surface area contributed by atoms with Gasteiger partial charge in [0.1, 0.15) is 24.0 Å². The summed E-state index contributed by atoms with van der Waals surface area (Å²) in [6, 6.07) is 2.84. The lowest BCUT2D eigenvalue weighted by atomic mass is 10.1. The highest BCUT2D eigenvalue weighted by Gasteiger charge is 2.34. The lowest BCUT2D eigenvalue weighted by Crippen LogP contribution is -2.31. The largest absolute Gasteiger partial charge is 0.507 e. The molecular weight excluding hydrogens is 402 g/mol. The highest BCUT2D eigenvalue weighted by molar-refractivity contribution is 9.10. The smallest absolute Gasteiger partial charge is 0.415 e. The number of halogens is 1. The molecule has 0 radical (unpaired) electrons. The average Bonchev–Trinajstić information content (AvgIpc) is 2.84. The van der Waals surface area contributed by atoms with Gasteiger partial charge in [-0.25, -0.2) is 14.4 Å². The van der Waals surface area contributed by atoms with Gasteiger partial charge in [-0.05, 0) is 22.0 Å². The molecule has 2 aromatic rings. The fourth-order valence-electron chi connectivity index (χ4n) is 2.27. The molecule has 9 nitrogen and oxygen atoms in total. The van der Waals surface area contributed by atoms with E-state index >= 15 is 0 Å². The summed E-state index contributed by atoms with van der Waals surface area (Å²) in [4.78, 5) is 45.6. The van der Waals surface area contributed by atoms with Crippen LogP contribution in [-0.4, -0.2) is 29.2 Å². The van der Waals surface area contributed by atoms with Crippen molar-refractivity contribution in [1.82, 2.24) is 5.32 Å². The summed E-state index contributed by atoms with van der Waals surface area (Å²) in [6.07, 6.45) is -1.31. The van der Waals surface area contributed by atoms with Crippen LogP contribution >= 0.6 is 15.9 Å². The van der Waals surface area contributed by atoms with E-state index in [1.165, 1.54) is 12.1 Å². The molecule has 130 valence electrons. The molecule has 0 spiro atoms. The number of carbonyl (C=O) groups excluding carboxylic acids is 3. The first-order chi connectivity index (χ1) is 11.8. The Hall–Kier alpha value is -2.88. The molecule has 0 unspecified atom stereocenters. The summed E-state index contributed by atoms with van der Waals surface area (Å²) in [5.41, 5.74) is -0.184. The van der Waals surface area contributed by atoms with Gasteiger partial charge in [0.2, 0.25) is 0 Å². The first-order valence-electron chi connectivity index (χ1n) is 6.96. The Balaban J connectivity index is 1.75. The maximum absolute atomic E-state index is 11.8. The van der Waals surface area contributed by atoms with Gasteiger partial charge in [0.15, 0.2) is 0 Å². The predicted molar refractivity (Wildman–Crippen MR) is 84.7 cm³/mol. The quantitative estimate of drug-likeness (QED) is 0.437. The second kappa shape index (κ2) is 6.55. The van der Waals surface area contributed by atoms with Gasteiger partial charge in [-0.1, -0.05) is 0 Å². The number of phenols is 1. The van der Waals surface area contributed by atoms with Crippen molar-refractivity contribution in [3.8, 4) is 5.75 Å². The Kier molecular flexibility index (Phi) is 4.45. The van der Waals surface area contributed by atoms with Crippen LogP contribution in [0.25, 0.3) is 11.0 Å². The molecule has 1 amide bonds. The van der Waals surface area contributed by atoms with Crippen molar-refractivity contribution >= 4 is 44.9 Å². The molecule has 0 saturated carbocycles. The van der Waals surface area contributed by atoms with Crippen LogP contribution in [0, 0.1) is 0 Å². The average molecular weight is 412 g/mol. The molecule has 1 saturated heterocycles. The monoisotopic (exact) mass is 411 g/mol. The molecule has 0 bridgehead atoms. The third-order valence-electron chi connectivity index (χ3n) is 3.43. The van der Waals surface area contributed by atoms with Gasteiger partial charge in [-0.3, -0.25) is 4.79 Å². The number of hydrogen-bond acceptors (Lipinski definition) is 8. The third-order valence-corrected chi connectivity index (χ3v) is 4.06. The summed E-state index contributed by atoms with van der Waals surface area (Å²) in [5.74, 6) is -1.73. The molecule has 1 aliphatic heterocycles. The molecule has 1 aromatic heterocycles. The number of alkyl carbamates (subject to hydrolysis) is 1. The van der Waals surface area contributed by atoms with Crippen LogP contribution in [0.1, 0.15) is 12.0 Å². The molecule has 25 heavy (non-hydrogen) atoms. The lowest BCUT2D eigenvalue weighted by Gasteiger charge is -2.09. The predicted octanol–water partition coefficient (Wildman–Crippen LogP) is 1.33. The number of aromatic hydroxyl groups is 1. The molecule has 1 atom stereocenters. The zero-order chi connectivity index (χ0) is 18.1. The SMILES string of the molecule is O=C(C[C@@H]1NC(=O)OC1=O)OCc1cc(=O)oc2cc(O)c(Br)cc12. The van der Waals surface area contributed by atoms with Gasteiger partial charge in [-0.15, -0.1) is 0 Å². The highest BCUT2D eigenvalue weighted by atomic mass is 79.9. The van der Waals surface area contributed by atoms with E-state index < -0.39 is 36.1 Å². The molecule has 2 N–H and O–H groups in total.